The van der Waals surface area contributed by atoms with Crippen LogP contribution in [0, 0.1) is 5.82 Å². The molecule has 1 saturated heterocycles. The molecule has 4 atom stereocenters. The van der Waals surface area contributed by atoms with Crippen LogP contribution in [0.4, 0.5) is 4.39 Å². The molecule has 150 valence electrons. The summed E-state index contributed by atoms with van der Waals surface area (Å²) in [6, 6.07) is 3.43. The number of benzene rings is 1. The Morgan fingerprint density at radius 3 is 2.79 bits per heavy atom. The third-order valence-electron chi connectivity index (χ3n) is 5.35. The molecule has 0 radical (unpaired) electrons. The van der Waals surface area contributed by atoms with Gasteiger partial charge in [-0.15, -0.1) is 0 Å². The molecule has 0 unspecified atom stereocenters. The summed E-state index contributed by atoms with van der Waals surface area (Å²) in [7, 11) is 0. The number of aliphatic hydroxyl groups excluding tert-OH is 1. The van der Waals surface area contributed by atoms with Crippen LogP contribution in [0.1, 0.15) is 10.4 Å². The van der Waals surface area contributed by atoms with Gasteiger partial charge in [0.05, 0.1) is 12.2 Å². The molecule has 3 aliphatic rings. The van der Waals surface area contributed by atoms with Gasteiger partial charge in [0.2, 0.25) is 5.66 Å². The Balaban J connectivity index is 1.72. The highest BCUT2D eigenvalue weighted by molar-refractivity contribution is 5.90. The predicted molar refractivity (Wildman–Crippen MR) is 92.4 cm³/mol. The van der Waals surface area contributed by atoms with E-state index in [9.17, 15) is 24.5 Å². The Hall–Kier alpha value is -2.96. The van der Waals surface area contributed by atoms with E-state index in [1.54, 1.807) is 0 Å². The monoisotopic (exact) mass is 395 g/mol. The van der Waals surface area contributed by atoms with Crippen molar-refractivity contribution in [1.82, 2.24) is 10.6 Å². The molecule has 0 bridgehead atoms. The van der Waals surface area contributed by atoms with Crippen LogP contribution >= 0.6 is 0 Å². The summed E-state index contributed by atoms with van der Waals surface area (Å²) in [6.07, 6.45) is -1.52. The Kier molecular flexibility index (Phi) is 3.96. The minimum absolute atomic E-state index is 0.00427. The standard InChI is InChI=1S/C16H19FN6O5/c17-8-4-2-1-3-7(8)12(25)28-10-5-23-14(19)20-9(6-24)11-15(23,16(10,26)27)22-13(18)21-11/h1-4,9-11,24,26-27H,5-6H2,(H5,18,19,20,21,22)/p+1/t9-,10-,11-,15-/m0/s1. The van der Waals surface area contributed by atoms with Gasteiger partial charge in [-0.3, -0.25) is 11.1 Å². The number of nitrogens with one attached hydrogen (secondary N) is 2. The molecule has 0 aromatic heterocycles. The molecule has 4 rings (SSSR count). The first kappa shape index (κ1) is 18.4. The largest absolute Gasteiger partial charge is 0.449 e. The lowest BCUT2D eigenvalue weighted by Crippen LogP contribution is -2.78. The van der Waals surface area contributed by atoms with E-state index in [4.69, 9.17) is 16.2 Å². The van der Waals surface area contributed by atoms with E-state index in [2.05, 4.69) is 15.6 Å². The number of esters is 1. The molecule has 1 aromatic carbocycles. The van der Waals surface area contributed by atoms with Crippen molar-refractivity contribution in [2.24, 2.45) is 16.5 Å². The minimum atomic E-state index is -2.72. The first-order chi connectivity index (χ1) is 13.2. The number of aliphatic imine (C=N–C) groups is 1. The van der Waals surface area contributed by atoms with Gasteiger partial charge in [-0.2, -0.15) is 0 Å². The number of carbonyl (C=O) groups excluding carboxylic acids is 1. The number of hydrogen-bond acceptors (Lipinski definition) is 10. The molecule has 1 aromatic rings. The highest BCUT2D eigenvalue weighted by Gasteiger charge is 2.76. The Labute approximate surface area is 158 Å². The third-order valence-corrected chi connectivity index (χ3v) is 5.35. The molecular formula is C16H20FN6O5+. The summed E-state index contributed by atoms with van der Waals surface area (Å²) in [5.74, 6) is -4.69. The zero-order chi connectivity index (χ0) is 20.3. The van der Waals surface area contributed by atoms with E-state index in [0.29, 0.717) is 0 Å². The van der Waals surface area contributed by atoms with Crippen LogP contribution in [0.25, 0.3) is 0 Å². The predicted octanol–water partition coefficient (Wildman–Crippen LogP) is -3.68. The van der Waals surface area contributed by atoms with Gasteiger partial charge in [-0.25, -0.2) is 18.8 Å². The van der Waals surface area contributed by atoms with Crippen molar-refractivity contribution in [1.29, 1.82) is 0 Å². The minimum Gasteiger partial charge on any atom is -0.449 e. The number of guanidine groups is 2. The maximum absolute atomic E-state index is 13.9. The fourth-order valence-corrected chi connectivity index (χ4v) is 4.06. The van der Waals surface area contributed by atoms with Gasteiger partial charge in [0, 0.05) is 0 Å². The van der Waals surface area contributed by atoms with E-state index in [1.807, 2.05) is 0 Å². The zero-order valence-electron chi connectivity index (χ0n) is 14.5. The second-order valence-electron chi connectivity index (χ2n) is 6.88. The molecule has 12 heteroatoms. The molecule has 0 amide bonds. The number of nitrogens with zero attached hydrogens (tertiary/aromatic N) is 2. The number of ether oxygens (including phenoxy) is 1. The molecular weight excluding hydrogens is 375 g/mol. The van der Waals surface area contributed by atoms with Crippen molar-refractivity contribution in [3.05, 3.63) is 35.6 Å². The van der Waals surface area contributed by atoms with Crippen LogP contribution in [-0.4, -0.2) is 80.6 Å². The topological polar surface area (TPSA) is 178 Å². The van der Waals surface area contributed by atoms with E-state index in [-0.39, 0.29) is 24.0 Å². The Morgan fingerprint density at radius 1 is 1.39 bits per heavy atom. The zero-order valence-corrected chi connectivity index (χ0v) is 14.5. The average molecular weight is 395 g/mol. The van der Waals surface area contributed by atoms with Crippen molar-refractivity contribution in [3.63, 3.8) is 0 Å². The second kappa shape index (κ2) is 6.02. The number of rotatable bonds is 3. The summed E-state index contributed by atoms with van der Waals surface area (Å²) in [5.41, 5.74) is 9.63. The van der Waals surface area contributed by atoms with Gasteiger partial charge in [-0.1, -0.05) is 12.1 Å². The molecule has 11 nitrogen and oxygen atoms in total. The molecule has 1 fully saturated rings. The summed E-state index contributed by atoms with van der Waals surface area (Å²) in [6.45, 7) is -0.661. The lowest BCUT2D eigenvalue weighted by atomic mass is 9.86. The van der Waals surface area contributed by atoms with Gasteiger partial charge >= 0.3 is 11.9 Å². The summed E-state index contributed by atoms with van der Waals surface area (Å²) < 4.78 is 20.4. The van der Waals surface area contributed by atoms with Crippen LogP contribution in [0.15, 0.2) is 29.3 Å². The van der Waals surface area contributed by atoms with E-state index in [1.165, 1.54) is 22.8 Å². The lowest BCUT2D eigenvalue weighted by molar-refractivity contribution is -0.623. The van der Waals surface area contributed by atoms with Gasteiger partial charge < -0.3 is 31.1 Å². The fraction of sp³-hybridized carbons (Fsp3) is 0.438. The van der Waals surface area contributed by atoms with Crippen molar-refractivity contribution in [3.8, 4) is 0 Å². The maximum Gasteiger partial charge on any atom is 0.346 e. The summed E-state index contributed by atoms with van der Waals surface area (Å²) in [4.78, 5) is 16.5. The van der Waals surface area contributed by atoms with E-state index < -0.39 is 48.0 Å². The summed E-state index contributed by atoms with van der Waals surface area (Å²) >= 11 is 0. The Morgan fingerprint density at radius 2 is 2.11 bits per heavy atom. The molecule has 0 aliphatic carbocycles. The SMILES string of the molecule is NC1=N[C@H]2[C@H](CO)NC(N)=[N+]3C[C@H](OC(=O)c4ccccc4F)C(O)(O)[C@]23N1. The van der Waals surface area contributed by atoms with Crippen molar-refractivity contribution < 1.29 is 33.8 Å². The molecule has 0 saturated carbocycles. The molecule has 3 aliphatic heterocycles. The lowest BCUT2D eigenvalue weighted by Gasteiger charge is -2.42. The quantitative estimate of drug-likeness (QED) is 0.154. The Bertz CT molecular complexity index is 905. The van der Waals surface area contributed by atoms with E-state index >= 15 is 0 Å². The second-order valence-corrected chi connectivity index (χ2v) is 6.88. The van der Waals surface area contributed by atoms with Gasteiger partial charge in [0.25, 0.3) is 5.79 Å². The van der Waals surface area contributed by atoms with Gasteiger partial charge in [0.1, 0.15) is 18.4 Å². The average Bonchev–Trinajstić information content (AvgIpc) is 3.11. The molecule has 28 heavy (non-hydrogen) atoms. The fourth-order valence-electron chi connectivity index (χ4n) is 4.06. The molecule has 9 N–H and O–H groups in total. The van der Waals surface area contributed by atoms with Crippen molar-refractivity contribution in [2.45, 2.75) is 29.6 Å². The smallest absolute Gasteiger partial charge is 0.346 e. The van der Waals surface area contributed by atoms with Crippen LogP contribution in [0.5, 0.6) is 0 Å². The molecule has 1 spiro atoms. The first-order valence-electron chi connectivity index (χ1n) is 8.51. The number of halogens is 1. The number of hydrogen-bond donors (Lipinski definition) is 7. The highest BCUT2D eigenvalue weighted by Crippen LogP contribution is 2.42. The van der Waals surface area contributed by atoms with Gasteiger partial charge in [-0.05, 0) is 12.1 Å². The van der Waals surface area contributed by atoms with Crippen LogP contribution < -0.4 is 22.1 Å². The van der Waals surface area contributed by atoms with Gasteiger partial charge in [0.15, 0.2) is 18.1 Å². The maximum atomic E-state index is 13.9. The van der Waals surface area contributed by atoms with Crippen LogP contribution in [0.2, 0.25) is 0 Å². The van der Waals surface area contributed by atoms with Crippen molar-refractivity contribution in [2.75, 3.05) is 13.2 Å². The first-order valence-corrected chi connectivity index (χ1v) is 8.51. The molecule has 3 heterocycles. The normalized spacial score (nSPS) is 32.7. The number of aliphatic hydroxyl groups is 3. The van der Waals surface area contributed by atoms with Crippen LogP contribution in [-0.2, 0) is 4.74 Å². The summed E-state index contributed by atoms with van der Waals surface area (Å²) in [5, 5.41) is 37.2. The van der Waals surface area contributed by atoms with Crippen LogP contribution in [0.3, 0.4) is 0 Å². The van der Waals surface area contributed by atoms with Crippen molar-refractivity contribution >= 4 is 17.9 Å². The highest BCUT2D eigenvalue weighted by atomic mass is 19.1. The number of carbonyl (C=O) groups is 1. The van der Waals surface area contributed by atoms with E-state index in [0.717, 1.165) is 6.07 Å². The third kappa shape index (κ3) is 2.28. The number of nitrogens with two attached hydrogens (primary N) is 2.